The highest BCUT2D eigenvalue weighted by Gasteiger charge is 2.25. The molecule has 0 aliphatic heterocycles. The van der Waals surface area contributed by atoms with Crippen LogP contribution in [0.25, 0.3) is 0 Å². The number of thioether (sulfide) groups is 1. The summed E-state index contributed by atoms with van der Waals surface area (Å²) in [6.45, 7) is 0.435. The zero-order valence-corrected chi connectivity index (χ0v) is 15.2. The van der Waals surface area contributed by atoms with Crippen molar-refractivity contribution in [2.75, 3.05) is 0 Å². The minimum atomic E-state index is -0.936. The van der Waals surface area contributed by atoms with Gasteiger partial charge in [0.05, 0.1) is 6.54 Å². The van der Waals surface area contributed by atoms with Crippen LogP contribution in [0.3, 0.4) is 0 Å². The zero-order valence-electron chi connectivity index (χ0n) is 12.8. The van der Waals surface area contributed by atoms with E-state index < -0.39 is 17.0 Å². The summed E-state index contributed by atoms with van der Waals surface area (Å²) < 4.78 is 16.4. The molecule has 0 aliphatic rings. The van der Waals surface area contributed by atoms with Crippen molar-refractivity contribution in [2.24, 2.45) is 5.73 Å². The van der Waals surface area contributed by atoms with Gasteiger partial charge < -0.3 is 5.73 Å². The Morgan fingerprint density at radius 1 is 1.28 bits per heavy atom. The molecule has 0 saturated heterocycles. The van der Waals surface area contributed by atoms with Crippen molar-refractivity contribution >= 4 is 33.6 Å². The van der Waals surface area contributed by atoms with Gasteiger partial charge in [-0.1, -0.05) is 64.1 Å². The number of hydrogen-bond donors (Lipinski definition) is 1. The number of tetrazole rings is 1. The SMILES string of the molecule is NC(=O)[C@@H](Sc1nnnn1Cc1ccccc1)c1ccc(Br)cc1F. The quantitative estimate of drug-likeness (QED) is 0.618. The second-order valence-corrected chi connectivity index (χ2v) is 7.16. The minimum Gasteiger partial charge on any atom is -0.368 e. The molecule has 2 N–H and O–H groups in total. The van der Waals surface area contributed by atoms with Crippen LogP contribution in [0.2, 0.25) is 0 Å². The van der Waals surface area contributed by atoms with E-state index in [9.17, 15) is 9.18 Å². The molecule has 3 rings (SSSR count). The largest absolute Gasteiger partial charge is 0.368 e. The van der Waals surface area contributed by atoms with Crippen LogP contribution in [0.5, 0.6) is 0 Å². The molecular formula is C16H13BrFN5OS. The van der Waals surface area contributed by atoms with Crippen LogP contribution >= 0.6 is 27.7 Å². The van der Waals surface area contributed by atoms with E-state index in [1.165, 1.54) is 12.1 Å². The van der Waals surface area contributed by atoms with Crippen molar-refractivity contribution in [1.82, 2.24) is 20.2 Å². The highest BCUT2D eigenvalue weighted by molar-refractivity contribution is 9.10. The lowest BCUT2D eigenvalue weighted by atomic mass is 10.1. The number of nitrogens with two attached hydrogens (primary N) is 1. The number of amides is 1. The number of carbonyl (C=O) groups is 1. The third-order valence-corrected chi connectivity index (χ3v) is 5.12. The summed E-state index contributed by atoms with van der Waals surface area (Å²) in [5.41, 5.74) is 6.67. The molecule has 0 unspecified atom stereocenters. The number of halogens is 2. The van der Waals surface area contributed by atoms with Gasteiger partial charge in [-0.05, 0) is 28.1 Å². The van der Waals surface area contributed by atoms with E-state index >= 15 is 0 Å². The highest BCUT2D eigenvalue weighted by Crippen LogP contribution is 2.35. The molecule has 0 bridgehead atoms. The Morgan fingerprint density at radius 3 is 2.72 bits per heavy atom. The first kappa shape index (κ1) is 17.6. The van der Waals surface area contributed by atoms with Gasteiger partial charge in [0.25, 0.3) is 0 Å². The molecule has 3 aromatic rings. The predicted molar refractivity (Wildman–Crippen MR) is 95.3 cm³/mol. The van der Waals surface area contributed by atoms with E-state index in [2.05, 4.69) is 31.5 Å². The molecule has 1 aromatic heterocycles. The van der Waals surface area contributed by atoms with Crippen molar-refractivity contribution in [3.05, 3.63) is 69.9 Å². The van der Waals surface area contributed by atoms with Crippen molar-refractivity contribution < 1.29 is 9.18 Å². The maximum Gasteiger partial charge on any atom is 0.235 e. The van der Waals surface area contributed by atoms with Gasteiger partial charge in [0, 0.05) is 10.0 Å². The van der Waals surface area contributed by atoms with Crippen LogP contribution in [0.1, 0.15) is 16.4 Å². The molecule has 0 spiro atoms. The van der Waals surface area contributed by atoms with E-state index in [0.29, 0.717) is 16.2 Å². The molecule has 0 aliphatic carbocycles. The number of nitrogens with zero attached hydrogens (tertiary/aromatic N) is 4. The standard InChI is InChI=1S/C16H13BrFN5OS/c17-11-6-7-12(13(18)8-11)14(15(19)24)25-16-20-21-22-23(16)9-10-4-2-1-3-5-10/h1-8,14H,9H2,(H2,19,24)/t14-/m0/s1. The molecule has 25 heavy (non-hydrogen) atoms. The van der Waals surface area contributed by atoms with Gasteiger partial charge in [-0.25, -0.2) is 9.07 Å². The number of aromatic nitrogens is 4. The summed E-state index contributed by atoms with van der Waals surface area (Å²) in [4.78, 5) is 11.9. The fourth-order valence-corrected chi connectivity index (χ4v) is 3.52. The molecule has 6 nitrogen and oxygen atoms in total. The minimum absolute atomic E-state index is 0.190. The van der Waals surface area contributed by atoms with Crippen LogP contribution in [-0.4, -0.2) is 26.1 Å². The first-order valence-corrected chi connectivity index (χ1v) is 8.93. The Bertz CT molecular complexity index is 889. The van der Waals surface area contributed by atoms with Crippen molar-refractivity contribution in [2.45, 2.75) is 17.0 Å². The van der Waals surface area contributed by atoms with Gasteiger partial charge in [-0.15, -0.1) is 5.10 Å². The fraction of sp³-hybridized carbons (Fsp3) is 0.125. The van der Waals surface area contributed by atoms with Crippen LogP contribution < -0.4 is 5.73 Å². The molecule has 0 fully saturated rings. The molecule has 1 atom stereocenters. The molecule has 0 saturated carbocycles. The maximum absolute atomic E-state index is 14.2. The second-order valence-electron chi connectivity index (χ2n) is 5.17. The molecule has 9 heteroatoms. The summed E-state index contributed by atoms with van der Waals surface area (Å²) in [7, 11) is 0. The van der Waals surface area contributed by atoms with Crippen LogP contribution in [0.4, 0.5) is 4.39 Å². The number of primary amides is 1. The lowest BCUT2D eigenvalue weighted by Crippen LogP contribution is -2.20. The Kier molecular flexibility index (Phi) is 5.44. The predicted octanol–water partition coefficient (Wildman–Crippen LogP) is 2.94. The molecule has 2 aromatic carbocycles. The van der Waals surface area contributed by atoms with Gasteiger partial charge >= 0.3 is 0 Å². The Hall–Kier alpha value is -2.26. The molecule has 128 valence electrons. The normalized spacial score (nSPS) is 12.1. The molecule has 0 radical (unpaired) electrons. The Balaban J connectivity index is 1.87. The fourth-order valence-electron chi connectivity index (χ4n) is 2.23. The number of rotatable bonds is 6. The average Bonchev–Trinajstić information content (AvgIpc) is 3.01. The van der Waals surface area contributed by atoms with E-state index in [1.807, 2.05) is 30.3 Å². The maximum atomic E-state index is 14.2. The molecule has 1 heterocycles. The summed E-state index contributed by atoms with van der Waals surface area (Å²) >= 11 is 4.21. The number of benzene rings is 2. The van der Waals surface area contributed by atoms with E-state index in [1.54, 1.807) is 10.7 Å². The molecule has 1 amide bonds. The van der Waals surface area contributed by atoms with Gasteiger partial charge in [0.1, 0.15) is 11.1 Å². The average molecular weight is 422 g/mol. The smallest absolute Gasteiger partial charge is 0.235 e. The van der Waals surface area contributed by atoms with E-state index in [4.69, 9.17) is 5.73 Å². The number of carbonyl (C=O) groups excluding carboxylic acids is 1. The lowest BCUT2D eigenvalue weighted by Gasteiger charge is -2.14. The van der Waals surface area contributed by atoms with Crippen LogP contribution in [0, 0.1) is 5.82 Å². The lowest BCUT2D eigenvalue weighted by molar-refractivity contribution is -0.117. The monoisotopic (exact) mass is 421 g/mol. The van der Waals surface area contributed by atoms with Crippen molar-refractivity contribution in [3.63, 3.8) is 0 Å². The third-order valence-electron chi connectivity index (χ3n) is 3.40. The van der Waals surface area contributed by atoms with E-state index in [-0.39, 0.29) is 5.56 Å². The van der Waals surface area contributed by atoms with Gasteiger partial charge in [-0.2, -0.15) is 0 Å². The molecular weight excluding hydrogens is 409 g/mol. The Labute approximate surface area is 155 Å². The third kappa shape index (κ3) is 4.23. The van der Waals surface area contributed by atoms with E-state index in [0.717, 1.165) is 17.3 Å². The van der Waals surface area contributed by atoms with Crippen molar-refractivity contribution in [3.8, 4) is 0 Å². The summed E-state index contributed by atoms with van der Waals surface area (Å²) in [6, 6.07) is 14.1. The second kappa shape index (κ2) is 7.75. The van der Waals surface area contributed by atoms with Crippen LogP contribution in [0.15, 0.2) is 58.2 Å². The van der Waals surface area contributed by atoms with Gasteiger partial charge in [0.2, 0.25) is 11.1 Å². The highest BCUT2D eigenvalue weighted by atomic mass is 79.9. The van der Waals surface area contributed by atoms with Crippen LogP contribution in [-0.2, 0) is 11.3 Å². The summed E-state index contributed by atoms with van der Waals surface area (Å²) in [5, 5.41) is 11.0. The first-order chi connectivity index (χ1) is 12.0. The summed E-state index contributed by atoms with van der Waals surface area (Å²) in [6.07, 6.45) is 0. The van der Waals surface area contributed by atoms with Gasteiger partial charge in [-0.3, -0.25) is 4.79 Å². The zero-order chi connectivity index (χ0) is 17.8. The first-order valence-electron chi connectivity index (χ1n) is 7.25. The van der Waals surface area contributed by atoms with Crippen molar-refractivity contribution in [1.29, 1.82) is 0 Å². The number of hydrogen-bond acceptors (Lipinski definition) is 5. The summed E-state index contributed by atoms with van der Waals surface area (Å²) in [5.74, 6) is -1.19. The van der Waals surface area contributed by atoms with Gasteiger partial charge in [0.15, 0.2) is 0 Å². The Morgan fingerprint density at radius 2 is 2.04 bits per heavy atom. The topological polar surface area (TPSA) is 86.7 Å².